The molecule has 1 N–H and O–H groups in total. The minimum atomic E-state index is -0.895. The zero-order chi connectivity index (χ0) is 17.4. The van der Waals surface area contributed by atoms with Crippen molar-refractivity contribution in [2.45, 2.75) is 32.2 Å². The van der Waals surface area contributed by atoms with E-state index >= 15 is 0 Å². The van der Waals surface area contributed by atoms with Crippen LogP contribution >= 0.6 is 11.6 Å². The van der Waals surface area contributed by atoms with Gasteiger partial charge in [0.15, 0.2) is 34.1 Å². The average molecular weight is 365 g/mol. The number of H-pyrrole nitrogens is 1. The van der Waals surface area contributed by atoms with Gasteiger partial charge in [0, 0.05) is 6.42 Å². The highest BCUT2D eigenvalue weighted by Gasteiger charge is 2.23. The number of benzene rings is 1. The highest BCUT2D eigenvalue weighted by molar-refractivity contribution is 6.31. The van der Waals surface area contributed by atoms with E-state index in [1.807, 2.05) is 0 Å². The minimum Gasteiger partial charge on any atom is -0.240 e. The van der Waals surface area contributed by atoms with Crippen molar-refractivity contribution in [3.05, 3.63) is 46.4 Å². The van der Waals surface area contributed by atoms with Crippen molar-refractivity contribution >= 4 is 11.6 Å². The van der Waals surface area contributed by atoms with Gasteiger partial charge in [0.1, 0.15) is 0 Å². The molecule has 0 spiro atoms. The van der Waals surface area contributed by atoms with Gasteiger partial charge in [0.2, 0.25) is 0 Å². The van der Waals surface area contributed by atoms with Gasteiger partial charge in [-0.15, -0.1) is 5.10 Å². The Morgan fingerprint density at radius 1 is 1.20 bits per heavy atom. The number of aromatic amines is 1. The van der Waals surface area contributed by atoms with Crippen LogP contribution in [0.4, 0.5) is 8.78 Å². The lowest BCUT2D eigenvalue weighted by molar-refractivity contribution is 0.309. The molecule has 9 heteroatoms. The van der Waals surface area contributed by atoms with Gasteiger partial charge in [0.25, 0.3) is 0 Å². The third-order valence-electron chi connectivity index (χ3n) is 4.45. The van der Waals surface area contributed by atoms with Crippen molar-refractivity contribution in [2.24, 2.45) is 5.92 Å². The van der Waals surface area contributed by atoms with Crippen LogP contribution in [0.3, 0.4) is 0 Å². The molecule has 0 amide bonds. The number of rotatable bonds is 5. The molecule has 0 unspecified atom stereocenters. The Balaban J connectivity index is 1.68. The number of nitrogens with one attached hydrogen (secondary N) is 1. The molecule has 2 heterocycles. The normalized spacial score (nSPS) is 14.7. The smallest absolute Gasteiger partial charge is 0.182 e. The summed E-state index contributed by atoms with van der Waals surface area (Å²) >= 11 is 6.05. The minimum absolute atomic E-state index is 0.189. The highest BCUT2D eigenvalue weighted by atomic mass is 35.5. The second-order valence-electron chi connectivity index (χ2n) is 6.22. The number of aromatic nitrogens is 6. The van der Waals surface area contributed by atoms with Crippen LogP contribution < -0.4 is 0 Å². The zero-order valence-electron chi connectivity index (χ0n) is 13.2. The lowest BCUT2D eigenvalue weighted by atomic mass is 9.83. The maximum Gasteiger partial charge on any atom is 0.182 e. The molecular formula is C16H15ClF2N6. The van der Waals surface area contributed by atoms with Crippen molar-refractivity contribution in [3.63, 3.8) is 0 Å². The van der Waals surface area contributed by atoms with E-state index in [0.717, 1.165) is 18.6 Å². The first-order valence-corrected chi connectivity index (χ1v) is 8.42. The molecule has 1 fully saturated rings. The van der Waals surface area contributed by atoms with Gasteiger partial charge in [-0.1, -0.05) is 36.9 Å². The molecule has 0 atom stereocenters. The third kappa shape index (κ3) is 3.26. The fourth-order valence-corrected chi connectivity index (χ4v) is 3.05. The van der Waals surface area contributed by atoms with Crippen molar-refractivity contribution in [1.82, 2.24) is 30.2 Å². The van der Waals surface area contributed by atoms with Gasteiger partial charge in [-0.3, -0.25) is 0 Å². The predicted octanol–water partition coefficient (Wildman–Crippen LogP) is 3.39. The molecule has 1 aliphatic carbocycles. The summed E-state index contributed by atoms with van der Waals surface area (Å²) in [5.41, 5.74) is 0.955. The first kappa shape index (κ1) is 16.1. The second kappa shape index (κ2) is 6.51. The largest absolute Gasteiger partial charge is 0.240 e. The molecule has 130 valence electrons. The van der Waals surface area contributed by atoms with E-state index in [0.29, 0.717) is 28.8 Å². The molecule has 1 aliphatic rings. The van der Waals surface area contributed by atoms with Crippen LogP contribution in [-0.4, -0.2) is 30.2 Å². The molecule has 6 nitrogen and oxygen atoms in total. The second-order valence-corrected chi connectivity index (χ2v) is 6.58. The molecule has 0 bridgehead atoms. The van der Waals surface area contributed by atoms with Crippen LogP contribution in [0.1, 0.15) is 30.7 Å². The standard InChI is InChI=1S/C16H15ClF2N6/c17-15-14(21-24-22-15)16-20-13(7-9-2-1-3-9)23-25(16)8-10-4-5-11(18)12(19)6-10/h4-6,9H,1-3,7-8H2,(H,21,22,24). The number of nitrogens with zero attached hydrogens (tertiary/aromatic N) is 5. The van der Waals surface area contributed by atoms with E-state index in [9.17, 15) is 8.78 Å². The lowest BCUT2D eigenvalue weighted by Gasteiger charge is -2.23. The average Bonchev–Trinajstić information content (AvgIpc) is 3.13. The Morgan fingerprint density at radius 3 is 2.68 bits per heavy atom. The van der Waals surface area contributed by atoms with Crippen LogP contribution in [-0.2, 0) is 13.0 Å². The van der Waals surface area contributed by atoms with Crippen LogP contribution in [0.25, 0.3) is 11.5 Å². The SMILES string of the molecule is Fc1ccc(Cn2nc(CC3CCC3)nc2-c2n[nH]nc2Cl)cc1F. The van der Waals surface area contributed by atoms with Gasteiger partial charge in [-0.2, -0.15) is 15.4 Å². The molecule has 2 aromatic heterocycles. The van der Waals surface area contributed by atoms with Gasteiger partial charge >= 0.3 is 0 Å². The summed E-state index contributed by atoms with van der Waals surface area (Å²) in [6.07, 6.45) is 4.38. The monoisotopic (exact) mass is 364 g/mol. The van der Waals surface area contributed by atoms with Crippen LogP contribution in [0.15, 0.2) is 18.2 Å². The molecule has 1 aromatic carbocycles. The Hall–Kier alpha value is -2.35. The van der Waals surface area contributed by atoms with E-state index in [2.05, 4.69) is 25.5 Å². The summed E-state index contributed by atoms with van der Waals surface area (Å²) in [6.45, 7) is 0.230. The first-order chi connectivity index (χ1) is 12.1. The molecule has 0 aliphatic heterocycles. The van der Waals surface area contributed by atoms with E-state index < -0.39 is 11.6 Å². The highest BCUT2D eigenvalue weighted by Crippen LogP contribution is 2.30. The van der Waals surface area contributed by atoms with E-state index in [1.165, 1.54) is 25.3 Å². The predicted molar refractivity (Wildman–Crippen MR) is 86.9 cm³/mol. The third-order valence-corrected chi connectivity index (χ3v) is 4.71. The number of halogens is 3. The Kier molecular flexibility index (Phi) is 4.20. The maximum atomic E-state index is 13.5. The Bertz CT molecular complexity index is 902. The molecule has 0 saturated heterocycles. The fourth-order valence-electron chi connectivity index (χ4n) is 2.89. The molecule has 4 rings (SSSR count). The van der Waals surface area contributed by atoms with Crippen LogP contribution in [0, 0.1) is 17.6 Å². The number of hydrogen-bond donors (Lipinski definition) is 1. The van der Waals surface area contributed by atoms with Crippen LogP contribution in [0.5, 0.6) is 0 Å². The summed E-state index contributed by atoms with van der Waals surface area (Å²) in [4.78, 5) is 4.55. The van der Waals surface area contributed by atoms with Gasteiger partial charge in [0.05, 0.1) is 6.54 Å². The van der Waals surface area contributed by atoms with Crippen molar-refractivity contribution in [3.8, 4) is 11.5 Å². The van der Waals surface area contributed by atoms with Crippen molar-refractivity contribution < 1.29 is 8.78 Å². The molecular weight excluding hydrogens is 350 g/mol. The van der Waals surface area contributed by atoms with Crippen molar-refractivity contribution in [2.75, 3.05) is 0 Å². The quantitative estimate of drug-likeness (QED) is 0.753. The molecule has 25 heavy (non-hydrogen) atoms. The molecule has 1 saturated carbocycles. The summed E-state index contributed by atoms with van der Waals surface area (Å²) in [7, 11) is 0. The lowest BCUT2D eigenvalue weighted by Crippen LogP contribution is -2.14. The van der Waals surface area contributed by atoms with E-state index in [4.69, 9.17) is 11.6 Å². The first-order valence-electron chi connectivity index (χ1n) is 8.04. The maximum absolute atomic E-state index is 13.5. The van der Waals surface area contributed by atoms with Gasteiger partial charge < -0.3 is 0 Å². The fraction of sp³-hybridized carbons (Fsp3) is 0.375. The van der Waals surface area contributed by atoms with E-state index in [-0.39, 0.29) is 11.7 Å². The van der Waals surface area contributed by atoms with Gasteiger partial charge in [-0.05, 0) is 23.6 Å². The number of hydrogen-bond acceptors (Lipinski definition) is 4. The van der Waals surface area contributed by atoms with Crippen molar-refractivity contribution in [1.29, 1.82) is 0 Å². The zero-order valence-corrected chi connectivity index (χ0v) is 14.0. The summed E-state index contributed by atoms with van der Waals surface area (Å²) in [5, 5.41) is 15.0. The van der Waals surface area contributed by atoms with E-state index in [1.54, 1.807) is 4.68 Å². The molecule has 0 radical (unpaired) electrons. The Morgan fingerprint density at radius 2 is 2.04 bits per heavy atom. The Labute approximate surface area is 147 Å². The van der Waals surface area contributed by atoms with Crippen LogP contribution in [0.2, 0.25) is 5.15 Å². The summed E-state index contributed by atoms with van der Waals surface area (Å²) in [5.74, 6) is -0.0278. The molecule has 3 aromatic rings. The summed E-state index contributed by atoms with van der Waals surface area (Å²) in [6, 6.07) is 3.76. The summed E-state index contributed by atoms with van der Waals surface area (Å²) < 4.78 is 28.2. The van der Waals surface area contributed by atoms with Gasteiger partial charge in [-0.25, -0.2) is 18.4 Å². The topological polar surface area (TPSA) is 72.3 Å².